The summed E-state index contributed by atoms with van der Waals surface area (Å²) in [5.41, 5.74) is 1.82. The monoisotopic (exact) mass is 213 g/mol. The van der Waals surface area contributed by atoms with Crippen LogP contribution >= 0.6 is 0 Å². The summed E-state index contributed by atoms with van der Waals surface area (Å²) in [4.78, 5) is 15.0. The van der Waals surface area contributed by atoms with Gasteiger partial charge in [0.1, 0.15) is 0 Å². The van der Waals surface area contributed by atoms with Crippen LogP contribution in [0.3, 0.4) is 0 Å². The van der Waals surface area contributed by atoms with Crippen LogP contribution in [0.15, 0.2) is 42.0 Å². The van der Waals surface area contributed by atoms with Crippen LogP contribution < -0.4 is 0 Å². The fourth-order valence-electron chi connectivity index (χ4n) is 1.45. The number of aromatic nitrogens is 1. The molecule has 0 spiro atoms. The van der Waals surface area contributed by atoms with Crippen molar-refractivity contribution in [3.8, 4) is 0 Å². The van der Waals surface area contributed by atoms with Crippen molar-refractivity contribution in [3.63, 3.8) is 0 Å². The standard InChI is InChI=1S/C13H11NO2/c1-9(13(15)16)8-11-7-6-10-4-2-3-5-12(10)14-11/h2-8H,1H3,(H,15,16)/b9-8+. The largest absolute Gasteiger partial charge is 0.478 e. The Morgan fingerprint density at radius 1 is 1.25 bits per heavy atom. The molecule has 0 bridgehead atoms. The number of hydrogen-bond donors (Lipinski definition) is 1. The van der Waals surface area contributed by atoms with Gasteiger partial charge in [0.25, 0.3) is 0 Å². The van der Waals surface area contributed by atoms with Crippen molar-refractivity contribution >= 4 is 22.9 Å². The zero-order valence-corrected chi connectivity index (χ0v) is 8.84. The first-order valence-corrected chi connectivity index (χ1v) is 4.94. The molecule has 0 unspecified atom stereocenters. The zero-order chi connectivity index (χ0) is 11.5. The second kappa shape index (κ2) is 4.14. The van der Waals surface area contributed by atoms with E-state index in [1.54, 1.807) is 13.0 Å². The molecule has 80 valence electrons. The number of nitrogens with zero attached hydrogens (tertiary/aromatic N) is 1. The van der Waals surface area contributed by atoms with Gasteiger partial charge in [-0.3, -0.25) is 0 Å². The van der Waals surface area contributed by atoms with Gasteiger partial charge in [0.05, 0.1) is 11.2 Å². The van der Waals surface area contributed by atoms with Crippen molar-refractivity contribution in [1.82, 2.24) is 4.98 Å². The van der Waals surface area contributed by atoms with Gasteiger partial charge in [-0.25, -0.2) is 9.78 Å². The van der Waals surface area contributed by atoms with Crippen molar-refractivity contribution in [1.29, 1.82) is 0 Å². The highest BCUT2D eigenvalue weighted by atomic mass is 16.4. The highest BCUT2D eigenvalue weighted by Crippen LogP contribution is 2.13. The normalized spacial score (nSPS) is 11.7. The fraction of sp³-hybridized carbons (Fsp3) is 0.0769. The fourth-order valence-corrected chi connectivity index (χ4v) is 1.45. The van der Waals surface area contributed by atoms with E-state index in [1.165, 1.54) is 0 Å². The van der Waals surface area contributed by atoms with Crippen molar-refractivity contribution < 1.29 is 9.90 Å². The molecule has 0 amide bonds. The molecule has 3 nitrogen and oxygen atoms in total. The molecule has 16 heavy (non-hydrogen) atoms. The van der Waals surface area contributed by atoms with E-state index in [0.717, 1.165) is 10.9 Å². The number of pyridine rings is 1. The summed E-state index contributed by atoms with van der Waals surface area (Å²) in [6.07, 6.45) is 1.56. The number of carboxylic acid groups (broad SMARTS) is 1. The molecule has 0 saturated carbocycles. The van der Waals surface area contributed by atoms with Gasteiger partial charge in [0.15, 0.2) is 0 Å². The summed E-state index contributed by atoms with van der Waals surface area (Å²) in [7, 11) is 0. The van der Waals surface area contributed by atoms with Crippen molar-refractivity contribution in [3.05, 3.63) is 47.7 Å². The number of carboxylic acids is 1. The Bertz CT molecular complexity index is 573. The van der Waals surface area contributed by atoms with E-state index in [4.69, 9.17) is 5.11 Å². The van der Waals surface area contributed by atoms with Crippen LogP contribution in [0.25, 0.3) is 17.0 Å². The van der Waals surface area contributed by atoms with Gasteiger partial charge in [-0.2, -0.15) is 0 Å². The molecule has 0 fully saturated rings. The topological polar surface area (TPSA) is 50.2 Å². The zero-order valence-electron chi connectivity index (χ0n) is 8.84. The molecule has 0 radical (unpaired) electrons. The van der Waals surface area contributed by atoms with Crippen LogP contribution in [-0.4, -0.2) is 16.1 Å². The van der Waals surface area contributed by atoms with Gasteiger partial charge in [0, 0.05) is 11.0 Å². The van der Waals surface area contributed by atoms with Crippen LogP contribution in [0, 0.1) is 0 Å². The third-order valence-corrected chi connectivity index (χ3v) is 2.32. The van der Waals surface area contributed by atoms with Gasteiger partial charge in [-0.05, 0) is 25.1 Å². The summed E-state index contributed by atoms with van der Waals surface area (Å²) in [5.74, 6) is -0.921. The van der Waals surface area contributed by atoms with Crippen LogP contribution in [0.1, 0.15) is 12.6 Å². The van der Waals surface area contributed by atoms with E-state index in [2.05, 4.69) is 4.98 Å². The predicted molar refractivity (Wildman–Crippen MR) is 63.0 cm³/mol. The Kier molecular flexibility index (Phi) is 2.68. The second-order valence-corrected chi connectivity index (χ2v) is 3.56. The van der Waals surface area contributed by atoms with Crippen molar-refractivity contribution in [2.45, 2.75) is 6.92 Å². The first kappa shape index (κ1) is 10.4. The van der Waals surface area contributed by atoms with Crippen LogP contribution in [-0.2, 0) is 4.79 Å². The lowest BCUT2D eigenvalue weighted by molar-refractivity contribution is -0.132. The minimum Gasteiger partial charge on any atom is -0.478 e. The predicted octanol–water partition coefficient (Wildman–Crippen LogP) is 2.72. The number of rotatable bonds is 2. The summed E-state index contributed by atoms with van der Waals surface area (Å²) in [6, 6.07) is 11.5. The lowest BCUT2D eigenvalue weighted by Crippen LogP contribution is -1.96. The van der Waals surface area contributed by atoms with E-state index in [-0.39, 0.29) is 5.57 Å². The molecule has 1 heterocycles. The maximum atomic E-state index is 10.7. The second-order valence-electron chi connectivity index (χ2n) is 3.56. The number of carbonyl (C=O) groups is 1. The summed E-state index contributed by atoms with van der Waals surface area (Å²) < 4.78 is 0. The highest BCUT2D eigenvalue weighted by Gasteiger charge is 2.01. The molecule has 0 saturated heterocycles. The average molecular weight is 213 g/mol. The SMILES string of the molecule is C/C(=C\c1ccc2ccccc2n1)C(=O)O. The van der Waals surface area contributed by atoms with E-state index in [1.807, 2.05) is 36.4 Å². The van der Waals surface area contributed by atoms with Crippen LogP contribution in [0.5, 0.6) is 0 Å². The maximum Gasteiger partial charge on any atom is 0.331 e. The Morgan fingerprint density at radius 3 is 2.75 bits per heavy atom. The average Bonchev–Trinajstić information content (AvgIpc) is 2.28. The Morgan fingerprint density at radius 2 is 2.00 bits per heavy atom. The minimum atomic E-state index is -0.921. The Hall–Kier alpha value is -2.16. The lowest BCUT2D eigenvalue weighted by atomic mass is 10.2. The smallest absolute Gasteiger partial charge is 0.331 e. The minimum absolute atomic E-state index is 0.280. The van der Waals surface area contributed by atoms with Crippen molar-refractivity contribution in [2.75, 3.05) is 0 Å². The lowest BCUT2D eigenvalue weighted by Gasteiger charge is -1.99. The maximum absolute atomic E-state index is 10.7. The third-order valence-electron chi connectivity index (χ3n) is 2.32. The first-order chi connectivity index (χ1) is 7.66. The van der Waals surface area contributed by atoms with E-state index in [0.29, 0.717) is 5.69 Å². The molecule has 2 rings (SSSR count). The number of benzene rings is 1. The quantitative estimate of drug-likeness (QED) is 0.780. The molecule has 0 aliphatic heterocycles. The Labute approximate surface area is 93.1 Å². The highest BCUT2D eigenvalue weighted by molar-refractivity contribution is 5.91. The van der Waals surface area contributed by atoms with Crippen molar-refractivity contribution in [2.24, 2.45) is 0 Å². The van der Waals surface area contributed by atoms with Gasteiger partial charge in [-0.15, -0.1) is 0 Å². The molecular formula is C13H11NO2. The van der Waals surface area contributed by atoms with Gasteiger partial charge in [0.2, 0.25) is 0 Å². The number of para-hydroxylation sites is 1. The number of hydrogen-bond acceptors (Lipinski definition) is 2. The van der Waals surface area contributed by atoms with Gasteiger partial charge >= 0.3 is 5.97 Å². The molecule has 0 aliphatic carbocycles. The molecule has 0 aliphatic rings. The third kappa shape index (κ3) is 2.08. The number of aliphatic carboxylic acids is 1. The molecular weight excluding hydrogens is 202 g/mol. The van der Waals surface area contributed by atoms with Crippen LogP contribution in [0.2, 0.25) is 0 Å². The molecule has 1 aromatic heterocycles. The molecule has 1 aromatic carbocycles. The molecule has 0 atom stereocenters. The van der Waals surface area contributed by atoms with Gasteiger partial charge < -0.3 is 5.11 Å². The van der Waals surface area contributed by atoms with E-state index >= 15 is 0 Å². The first-order valence-electron chi connectivity index (χ1n) is 4.94. The molecule has 2 aromatic rings. The summed E-state index contributed by atoms with van der Waals surface area (Å²) in [5, 5.41) is 9.81. The molecule has 3 heteroatoms. The summed E-state index contributed by atoms with van der Waals surface area (Å²) in [6.45, 7) is 1.55. The summed E-state index contributed by atoms with van der Waals surface area (Å²) >= 11 is 0. The van der Waals surface area contributed by atoms with E-state index < -0.39 is 5.97 Å². The van der Waals surface area contributed by atoms with Gasteiger partial charge in [-0.1, -0.05) is 24.3 Å². The molecule has 1 N–H and O–H groups in total. The Balaban J connectivity index is 2.47. The number of fused-ring (bicyclic) bond motifs is 1. The van der Waals surface area contributed by atoms with Crippen LogP contribution in [0.4, 0.5) is 0 Å². The van der Waals surface area contributed by atoms with E-state index in [9.17, 15) is 4.79 Å².